The monoisotopic (exact) mass is 617 g/mol. The molecule has 1 saturated carbocycles. The Labute approximate surface area is 262 Å². The molecule has 230 valence electrons. The number of piperazine rings is 1. The first-order valence-corrected chi connectivity index (χ1v) is 15.6. The van der Waals surface area contributed by atoms with E-state index in [-0.39, 0.29) is 19.0 Å². The van der Waals surface area contributed by atoms with E-state index >= 15 is 0 Å². The molecule has 3 aliphatic rings. The fourth-order valence-electron chi connectivity index (χ4n) is 6.37. The van der Waals surface area contributed by atoms with Gasteiger partial charge in [-0.2, -0.15) is 15.2 Å². The maximum Gasteiger partial charge on any atom is 0.318 e. The molecule has 1 amide bonds. The summed E-state index contributed by atoms with van der Waals surface area (Å²) in [5, 5.41) is 12.3. The maximum atomic E-state index is 13.8. The Morgan fingerprint density at radius 3 is 2.70 bits per heavy atom. The number of anilines is 2. The minimum atomic E-state index is -1.02. The quantitative estimate of drug-likeness (QED) is 0.306. The molecule has 2 fully saturated rings. The lowest BCUT2D eigenvalue weighted by molar-refractivity contribution is -0.131. The van der Waals surface area contributed by atoms with Crippen molar-refractivity contribution in [3.8, 4) is 12.1 Å². The molecule has 1 unspecified atom stereocenters. The molecule has 3 heterocycles. The van der Waals surface area contributed by atoms with Gasteiger partial charge in [-0.1, -0.05) is 42.4 Å². The van der Waals surface area contributed by atoms with Gasteiger partial charge in [-0.15, -0.1) is 0 Å². The molecule has 0 bridgehead atoms. The predicted molar refractivity (Wildman–Crippen MR) is 170 cm³/mol. The number of aromatic nitrogens is 2. The molecular formula is C33H37ClFN7O2. The van der Waals surface area contributed by atoms with Crippen molar-refractivity contribution in [2.75, 3.05) is 49.6 Å². The fourth-order valence-corrected chi connectivity index (χ4v) is 6.64. The third-order valence-corrected chi connectivity index (χ3v) is 9.38. The minimum absolute atomic E-state index is 0.0762. The first kappa shape index (κ1) is 30.1. The van der Waals surface area contributed by atoms with Gasteiger partial charge in [0.25, 0.3) is 5.91 Å². The van der Waals surface area contributed by atoms with Gasteiger partial charge in [0, 0.05) is 54.9 Å². The van der Waals surface area contributed by atoms with E-state index in [1.165, 1.54) is 17.7 Å². The lowest BCUT2D eigenvalue weighted by Gasteiger charge is -2.42. The number of fused-ring (bicyclic) bond motifs is 2. The van der Waals surface area contributed by atoms with Gasteiger partial charge in [0.15, 0.2) is 5.83 Å². The highest BCUT2D eigenvalue weighted by molar-refractivity contribution is 6.36. The van der Waals surface area contributed by atoms with Gasteiger partial charge in [0.1, 0.15) is 12.4 Å². The number of rotatable bonds is 9. The van der Waals surface area contributed by atoms with Crippen LogP contribution in [0, 0.1) is 11.3 Å². The highest BCUT2D eigenvalue weighted by Crippen LogP contribution is 2.37. The summed E-state index contributed by atoms with van der Waals surface area (Å²) in [5.41, 5.74) is 2.94. The van der Waals surface area contributed by atoms with Crippen LogP contribution in [0.5, 0.6) is 6.01 Å². The fraction of sp³-hybridized carbons (Fsp3) is 0.455. The molecule has 1 saturated heterocycles. The van der Waals surface area contributed by atoms with E-state index in [1.54, 1.807) is 0 Å². The summed E-state index contributed by atoms with van der Waals surface area (Å²) in [6, 6.07) is 14.9. The van der Waals surface area contributed by atoms with E-state index in [1.807, 2.05) is 18.2 Å². The first-order valence-electron chi connectivity index (χ1n) is 15.2. The van der Waals surface area contributed by atoms with Crippen molar-refractivity contribution < 1.29 is 13.9 Å². The molecule has 0 N–H and O–H groups in total. The van der Waals surface area contributed by atoms with Crippen molar-refractivity contribution in [3.05, 3.63) is 65.1 Å². The van der Waals surface area contributed by atoms with E-state index in [4.69, 9.17) is 26.3 Å². The molecular weight excluding hydrogens is 581 g/mol. The average molecular weight is 618 g/mol. The zero-order valence-corrected chi connectivity index (χ0v) is 25.9. The Hall–Kier alpha value is -3.94. The second-order valence-electron chi connectivity index (χ2n) is 12.0. The molecule has 6 rings (SSSR count). The first-order chi connectivity index (χ1) is 21.2. The molecule has 2 atom stereocenters. The SMILES string of the molecule is C=C(F)C(=O)N1CCN(c2nc(OC[C@H](C)N(C)C3CC3)nc3c2CCN(c2cccc4cccc(Cl)c24)C3)CC1CC#N. The Kier molecular flexibility index (Phi) is 8.61. The second-order valence-corrected chi connectivity index (χ2v) is 12.4. The molecule has 3 aromatic rings. The summed E-state index contributed by atoms with van der Waals surface area (Å²) in [6.45, 7) is 8.10. The van der Waals surface area contributed by atoms with Gasteiger partial charge in [0.2, 0.25) is 0 Å². The van der Waals surface area contributed by atoms with E-state index in [9.17, 15) is 14.4 Å². The third kappa shape index (κ3) is 6.04. The standard InChI is InChI=1S/C33H37ClFN7O2/c1-21(39(3)24-10-11-24)20-44-33-37-28-19-40(29-9-5-7-23-6-4-8-27(34)30(23)29)15-13-26(28)31(38-33)41-16-17-42(32(43)22(2)35)25(18-41)12-14-36/h4-9,21,24-25H,2,10-13,15-20H2,1,3H3/t21-,25?/m0/s1. The van der Waals surface area contributed by atoms with Gasteiger partial charge in [-0.25, -0.2) is 4.39 Å². The van der Waals surface area contributed by atoms with Crippen LogP contribution in [0.1, 0.15) is 37.4 Å². The Balaban J connectivity index is 1.33. The zero-order chi connectivity index (χ0) is 31.0. The van der Waals surface area contributed by atoms with Crippen LogP contribution in [0.25, 0.3) is 10.8 Å². The largest absolute Gasteiger partial charge is 0.462 e. The maximum absolute atomic E-state index is 13.8. The van der Waals surface area contributed by atoms with Crippen molar-refractivity contribution in [2.24, 2.45) is 0 Å². The van der Waals surface area contributed by atoms with Crippen LogP contribution in [0.4, 0.5) is 15.9 Å². The molecule has 1 aromatic heterocycles. The highest BCUT2D eigenvalue weighted by atomic mass is 35.5. The number of carbonyl (C=O) groups is 1. The lowest BCUT2D eigenvalue weighted by atomic mass is 10.0. The van der Waals surface area contributed by atoms with Gasteiger partial charge in [0.05, 0.1) is 35.8 Å². The van der Waals surface area contributed by atoms with E-state index in [0.717, 1.165) is 40.1 Å². The topological polar surface area (TPSA) is 88.8 Å². The Bertz CT molecular complexity index is 1620. The average Bonchev–Trinajstić information content (AvgIpc) is 3.88. The summed E-state index contributed by atoms with van der Waals surface area (Å²) in [4.78, 5) is 30.5. The van der Waals surface area contributed by atoms with Crippen molar-refractivity contribution in [3.63, 3.8) is 0 Å². The van der Waals surface area contributed by atoms with Crippen LogP contribution in [-0.4, -0.2) is 83.6 Å². The normalized spacial score (nSPS) is 19.1. The van der Waals surface area contributed by atoms with Crippen molar-refractivity contribution in [2.45, 2.75) is 57.3 Å². The van der Waals surface area contributed by atoms with Gasteiger partial charge in [-0.05, 0) is 50.8 Å². The zero-order valence-electron chi connectivity index (χ0n) is 25.2. The molecule has 2 aromatic carbocycles. The molecule has 2 aliphatic heterocycles. The Morgan fingerprint density at radius 2 is 1.98 bits per heavy atom. The number of benzene rings is 2. The van der Waals surface area contributed by atoms with Crippen LogP contribution < -0.4 is 14.5 Å². The van der Waals surface area contributed by atoms with Crippen LogP contribution >= 0.6 is 11.6 Å². The van der Waals surface area contributed by atoms with Crippen LogP contribution in [0.2, 0.25) is 5.02 Å². The second kappa shape index (κ2) is 12.6. The number of hydrogen-bond donors (Lipinski definition) is 0. The van der Waals surface area contributed by atoms with Gasteiger partial charge in [-0.3, -0.25) is 9.69 Å². The number of nitriles is 1. The summed E-state index contributed by atoms with van der Waals surface area (Å²) in [5.74, 6) is -1.04. The highest BCUT2D eigenvalue weighted by Gasteiger charge is 2.35. The van der Waals surface area contributed by atoms with Crippen LogP contribution in [0.15, 0.2) is 48.8 Å². The summed E-state index contributed by atoms with van der Waals surface area (Å²) >= 11 is 6.69. The number of likely N-dealkylation sites (N-methyl/N-ethyl adjacent to an activating group) is 1. The van der Waals surface area contributed by atoms with Gasteiger partial charge >= 0.3 is 6.01 Å². The number of nitrogens with zero attached hydrogens (tertiary/aromatic N) is 7. The lowest BCUT2D eigenvalue weighted by Crippen LogP contribution is -2.55. The Morgan fingerprint density at radius 1 is 1.20 bits per heavy atom. The smallest absolute Gasteiger partial charge is 0.318 e. The number of halogens is 2. The molecule has 0 spiro atoms. The summed E-state index contributed by atoms with van der Waals surface area (Å²) in [6.07, 6.45) is 3.19. The van der Waals surface area contributed by atoms with E-state index in [0.29, 0.717) is 49.7 Å². The molecule has 9 nitrogen and oxygen atoms in total. The molecule has 11 heteroatoms. The summed E-state index contributed by atoms with van der Waals surface area (Å²) in [7, 11) is 2.13. The van der Waals surface area contributed by atoms with Gasteiger partial charge < -0.3 is 19.4 Å². The number of hydrogen-bond acceptors (Lipinski definition) is 8. The number of ether oxygens (including phenoxy) is 1. The molecule has 0 radical (unpaired) electrons. The van der Waals surface area contributed by atoms with E-state index in [2.05, 4.69) is 59.5 Å². The predicted octanol–water partition coefficient (Wildman–Crippen LogP) is 5.12. The summed E-state index contributed by atoms with van der Waals surface area (Å²) < 4.78 is 20.1. The van der Waals surface area contributed by atoms with Crippen molar-refractivity contribution >= 4 is 39.8 Å². The van der Waals surface area contributed by atoms with Crippen LogP contribution in [0.3, 0.4) is 0 Å². The van der Waals surface area contributed by atoms with Crippen molar-refractivity contribution in [1.82, 2.24) is 19.8 Å². The van der Waals surface area contributed by atoms with Crippen molar-refractivity contribution in [1.29, 1.82) is 5.26 Å². The number of amides is 1. The minimum Gasteiger partial charge on any atom is -0.462 e. The van der Waals surface area contributed by atoms with Crippen LogP contribution in [-0.2, 0) is 17.8 Å². The van der Waals surface area contributed by atoms with E-state index < -0.39 is 17.8 Å². The number of carbonyl (C=O) groups excluding carboxylic acids is 1. The third-order valence-electron chi connectivity index (χ3n) is 9.07. The molecule has 44 heavy (non-hydrogen) atoms. The molecule has 1 aliphatic carbocycles.